The van der Waals surface area contributed by atoms with Crippen LogP contribution in [0.1, 0.15) is 50.8 Å². The average molecular weight is 349 g/mol. The van der Waals surface area contributed by atoms with Crippen LogP contribution in [0, 0.1) is 13.8 Å². The summed E-state index contributed by atoms with van der Waals surface area (Å²) in [6, 6.07) is 3.61. The van der Waals surface area contributed by atoms with Crippen LogP contribution in [0.25, 0.3) is 5.82 Å². The highest BCUT2D eigenvalue weighted by Crippen LogP contribution is 2.27. The number of rotatable bonds is 3. The van der Waals surface area contributed by atoms with Crippen molar-refractivity contribution in [1.82, 2.24) is 19.5 Å². The lowest BCUT2D eigenvalue weighted by atomic mass is 9.94. The van der Waals surface area contributed by atoms with E-state index in [1.54, 1.807) is 18.5 Å². The Morgan fingerprint density at radius 1 is 1.23 bits per heavy atom. The molecule has 0 bridgehead atoms. The quantitative estimate of drug-likeness (QED) is 0.760. The number of anilines is 1. The fraction of sp³-hybridized carbons (Fsp3) is 0.263. The maximum Gasteiger partial charge on any atom is 0.272 e. The second-order valence-electron chi connectivity index (χ2n) is 6.46. The molecule has 7 heteroatoms. The van der Waals surface area contributed by atoms with Crippen molar-refractivity contribution < 1.29 is 9.59 Å². The minimum Gasteiger partial charge on any atom is -0.354 e. The first-order valence-corrected chi connectivity index (χ1v) is 8.57. The van der Waals surface area contributed by atoms with Crippen LogP contribution in [0.3, 0.4) is 0 Å². The number of ketones is 1. The number of nitrogens with one attached hydrogen (secondary N) is 2. The minimum absolute atomic E-state index is 0.112. The Morgan fingerprint density at radius 2 is 2.08 bits per heavy atom. The summed E-state index contributed by atoms with van der Waals surface area (Å²) in [6.07, 6.45) is 7.33. The first kappa shape index (κ1) is 16.3. The maximum absolute atomic E-state index is 12.6. The van der Waals surface area contributed by atoms with Crippen LogP contribution in [0.2, 0.25) is 0 Å². The fourth-order valence-corrected chi connectivity index (χ4v) is 3.42. The molecule has 2 N–H and O–H groups in total. The number of nitrogens with zero attached hydrogens (tertiary/aromatic N) is 3. The van der Waals surface area contributed by atoms with E-state index < -0.39 is 0 Å². The van der Waals surface area contributed by atoms with Crippen LogP contribution in [0.5, 0.6) is 0 Å². The van der Waals surface area contributed by atoms with E-state index in [1.807, 2.05) is 30.7 Å². The topological polar surface area (TPSA) is 92.7 Å². The van der Waals surface area contributed by atoms with Crippen molar-refractivity contribution in [3.05, 3.63) is 59.1 Å². The monoisotopic (exact) mass is 349 g/mol. The molecule has 3 aromatic rings. The Hall–Kier alpha value is -3.22. The highest BCUT2D eigenvalue weighted by Gasteiger charge is 2.26. The number of aryl methyl sites for hydroxylation is 2. The summed E-state index contributed by atoms with van der Waals surface area (Å²) in [7, 11) is 0. The summed E-state index contributed by atoms with van der Waals surface area (Å²) in [5, 5.41) is 2.84. The van der Waals surface area contributed by atoms with Crippen molar-refractivity contribution in [3.63, 3.8) is 0 Å². The Kier molecular flexibility index (Phi) is 3.91. The van der Waals surface area contributed by atoms with Gasteiger partial charge in [-0.25, -0.2) is 9.97 Å². The molecule has 0 saturated heterocycles. The molecule has 4 rings (SSSR count). The number of hydrogen-bond donors (Lipinski definition) is 2. The van der Waals surface area contributed by atoms with Crippen LogP contribution in [0.4, 0.5) is 5.69 Å². The molecule has 0 fully saturated rings. The number of hydrogen-bond acceptors (Lipinski definition) is 4. The largest absolute Gasteiger partial charge is 0.354 e. The lowest BCUT2D eigenvalue weighted by molar-refractivity contribution is 0.0971. The lowest BCUT2D eigenvalue weighted by Crippen LogP contribution is -2.14. The molecular formula is C19H19N5O2. The number of carbonyl (C=O) groups is 2. The molecular weight excluding hydrogens is 330 g/mol. The Morgan fingerprint density at radius 3 is 2.73 bits per heavy atom. The van der Waals surface area contributed by atoms with Crippen LogP contribution in [0.15, 0.2) is 30.7 Å². The normalized spacial score (nSPS) is 13.5. The van der Waals surface area contributed by atoms with E-state index >= 15 is 0 Å². The zero-order chi connectivity index (χ0) is 18.3. The van der Waals surface area contributed by atoms with E-state index in [0.717, 1.165) is 35.7 Å². The molecule has 3 aromatic heterocycles. The number of pyridine rings is 1. The summed E-state index contributed by atoms with van der Waals surface area (Å²) in [5.41, 5.74) is 3.31. The highest BCUT2D eigenvalue weighted by molar-refractivity contribution is 6.08. The molecule has 0 atom stereocenters. The van der Waals surface area contributed by atoms with Gasteiger partial charge in [0.2, 0.25) is 0 Å². The third kappa shape index (κ3) is 2.71. The minimum atomic E-state index is -0.266. The zero-order valence-electron chi connectivity index (χ0n) is 14.7. The molecule has 0 spiro atoms. The van der Waals surface area contributed by atoms with Gasteiger partial charge in [0.05, 0.1) is 11.9 Å². The average Bonchev–Trinajstić information content (AvgIpc) is 3.20. The number of fused-ring (bicyclic) bond motifs is 1. The maximum atomic E-state index is 12.6. The van der Waals surface area contributed by atoms with Crippen molar-refractivity contribution in [3.8, 4) is 5.82 Å². The molecule has 3 heterocycles. The Labute approximate surface area is 150 Å². The lowest BCUT2D eigenvalue weighted by Gasteiger charge is -2.09. The third-order valence-corrected chi connectivity index (χ3v) is 4.74. The molecule has 0 aliphatic heterocycles. The number of H-pyrrole nitrogens is 1. The van der Waals surface area contributed by atoms with Crippen LogP contribution >= 0.6 is 0 Å². The van der Waals surface area contributed by atoms with Gasteiger partial charge < -0.3 is 10.3 Å². The molecule has 1 aliphatic rings. The molecule has 132 valence electrons. The van der Waals surface area contributed by atoms with Crippen LogP contribution in [-0.2, 0) is 6.42 Å². The van der Waals surface area contributed by atoms with Gasteiger partial charge in [0.25, 0.3) is 5.91 Å². The van der Waals surface area contributed by atoms with Gasteiger partial charge in [-0.2, -0.15) is 0 Å². The standard InChI is InChI=1S/C19H19N5O2/c1-11-17-14(4-3-5-15(17)25)23-18(11)19(26)22-13-6-7-16(21-10-13)24-9-8-20-12(24)2/h6-10,23H,3-5H2,1-2H3,(H,22,26). The van der Waals surface area contributed by atoms with Crippen molar-refractivity contribution >= 4 is 17.4 Å². The molecule has 0 radical (unpaired) electrons. The Bertz CT molecular complexity index is 998. The van der Waals surface area contributed by atoms with Gasteiger partial charge in [0.15, 0.2) is 5.78 Å². The predicted molar refractivity (Wildman–Crippen MR) is 96.8 cm³/mol. The molecule has 26 heavy (non-hydrogen) atoms. The fourth-order valence-electron chi connectivity index (χ4n) is 3.42. The van der Waals surface area contributed by atoms with Crippen molar-refractivity contribution in [2.45, 2.75) is 33.1 Å². The van der Waals surface area contributed by atoms with Gasteiger partial charge in [0.1, 0.15) is 17.3 Å². The molecule has 0 aromatic carbocycles. The molecule has 0 unspecified atom stereocenters. The molecule has 1 amide bonds. The SMILES string of the molecule is Cc1c(C(=O)Nc2ccc(-n3ccnc3C)nc2)[nH]c2c1C(=O)CCC2. The van der Waals surface area contributed by atoms with E-state index in [9.17, 15) is 9.59 Å². The van der Waals surface area contributed by atoms with Crippen LogP contribution < -0.4 is 5.32 Å². The highest BCUT2D eigenvalue weighted by atomic mass is 16.2. The van der Waals surface area contributed by atoms with E-state index in [-0.39, 0.29) is 11.7 Å². The summed E-state index contributed by atoms with van der Waals surface area (Å²) in [5.74, 6) is 1.42. The van der Waals surface area contributed by atoms with E-state index in [4.69, 9.17) is 0 Å². The van der Waals surface area contributed by atoms with Crippen molar-refractivity contribution in [1.29, 1.82) is 0 Å². The third-order valence-electron chi connectivity index (χ3n) is 4.74. The Balaban J connectivity index is 1.56. The predicted octanol–water partition coefficient (Wildman–Crippen LogP) is 2.98. The first-order chi connectivity index (χ1) is 12.5. The number of amides is 1. The van der Waals surface area contributed by atoms with Gasteiger partial charge in [-0.15, -0.1) is 0 Å². The smallest absolute Gasteiger partial charge is 0.272 e. The van der Waals surface area contributed by atoms with E-state index in [0.29, 0.717) is 23.4 Å². The van der Waals surface area contributed by atoms with Gasteiger partial charge in [-0.05, 0) is 44.4 Å². The summed E-state index contributed by atoms with van der Waals surface area (Å²) in [4.78, 5) is 36.4. The summed E-state index contributed by atoms with van der Waals surface area (Å²) in [6.45, 7) is 3.71. The first-order valence-electron chi connectivity index (χ1n) is 8.57. The number of Topliss-reactive ketones (excluding diaryl/α,β-unsaturated/α-hetero) is 1. The number of carbonyl (C=O) groups excluding carboxylic acids is 2. The molecule has 7 nitrogen and oxygen atoms in total. The molecule has 0 saturated carbocycles. The number of imidazole rings is 1. The van der Waals surface area contributed by atoms with E-state index in [2.05, 4.69) is 20.3 Å². The number of aromatic amines is 1. The van der Waals surface area contributed by atoms with Crippen molar-refractivity contribution in [2.24, 2.45) is 0 Å². The van der Waals surface area contributed by atoms with Gasteiger partial charge >= 0.3 is 0 Å². The van der Waals surface area contributed by atoms with Gasteiger partial charge in [0, 0.05) is 30.1 Å². The van der Waals surface area contributed by atoms with E-state index in [1.165, 1.54) is 0 Å². The second kappa shape index (κ2) is 6.25. The van der Waals surface area contributed by atoms with Gasteiger partial charge in [-0.1, -0.05) is 0 Å². The molecule has 1 aliphatic carbocycles. The summed E-state index contributed by atoms with van der Waals surface area (Å²) < 4.78 is 1.86. The zero-order valence-corrected chi connectivity index (χ0v) is 14.7. The van der Waals surface area contributed by atoms with Gasteiger partial charge in [-0.3, -0.25) is 14.2 Å². The summed E-state index contributed by atoms with van der Waals surface area (Å²) >= 11 is 0. The van der Waals surface area contributed by atoms with Crippen LogP contribution in [-0.4, -0.2) is 31.2 Å². The second-order valence-corrected chi connectivity index (χ2v) is 6.46. The number of aromatic nitrogens is 4. The van der Waals surface area contributed by atoms with Crippen molar-refractivity contribution in [2.75, 3.05) is 5.32 Å².